The Bertz CT molecular complexity index is 218. The average Bonchev–Trinajstić information content (AvgIpc) is 2.49. The van der Waals surface area contributed by atoms with E-state index in [1.165, 1.54) is 38.5 Å². The molecule has 0 aliphatic carbocycles. The molecular formula is C16H39N3OP+. The minimum atomic E-state index is -1.84. The van der Waals surface area contributed by atoms with Gasteiger partial charge in [-0.05, 0) is 19.3 Å². The Morgan fingerprint density at radius 3 is 1.14 bits per heavy atom. The fourth-order valence-corrected chi connectivity index (χ4v) is 6.36. The molecule has 0 radical (unpaired) electrons. The zero-order chi connectivity index (χ0) is 16.3. The van der Waals surface area contributed by atoms with Gasteiger partial charge in [0.1, 0.15) is 0 Å². The molecule has 0 amide bonds. The minimum Gasteiger partial charge on any atom is -0.185 e. The van der Waals surface area contributed by atoms with Crippen LogP contribution in [-0.2, 0) is 4.52 Å². The van der Waals surface area contributed by atoms with Crippen LogP contribution in [0.4, 0.5) is 0 Å². The molecule has 128 valence electrons. The number of hydrogen-bond donors (Lipinski definition) is 0. The third-order valence-corrected chi connectivity index (χ3v) is 7.84. The van der Waals surface area contributed by atoms with Gasteiger partial charge in [-0.3, -0.25) is 0 Å². The van der Waals surface area contributed by atoms with Crippen LogP contribution in [0.3, 0.4) is 0 Å². The molecule has 0 spiro atoms. The summed E-state index contributed by atoms with van der Waals surface area (Å²) in [6.45, 7) is 10.1. The first-order valence-corrected chi connectivity index (χ1v) is 10.2. The van der Waals surface area contributed by atoms with E-state index >= 15 is 0 Å². The lowest BCUT2D eigenvalue weighted by molar-refractivity contribution is 0.244. The van der Waals surface area contributed by atoms with Gasteiger partial charge in [-0.15, -0.1) is 14.0 Å². The van der Waals surface area contributed by atoms with Crippen molar-refractivity contribution in [3.05, 3.63) is 0 Å². The van der Waals surface area contributed by atoms with E-state index in [0.717, 1.165) is 19.6 Å². The molecule has 0 aliphatic heterocycles. The summed E-state index contributed by atoms with van der Waals surface area (Å²) in [4.78, 5) is 0. The van der Waals surface area contributed by atoms with Gasteiger partial charge in [-0.25, -0.2) is 0 Å². The zero-order valence-corrected chi connectivity index (χ0v) is 16.5. The molecule has 0 aliphatic rings. The maximum atomic E-state index is 6.20. The molecule has 5 heteroatoms. The topological polar surface area (TPSA) is 19.0 Å². The third kappa shape index (κ3) is 6.11. The number of hydrogen-bond acceptors (Lipinski definition) is 4. The van der Waals surface area contributed by atoms with E-state index < -0.39 is 7.94 Å². The van der Waals surface area contributed by atoms with Crippen molar-refractivity contribution in [1.29, 1.82) is 0 Å². The van der Waals surface area contributed by atoms with Crippen molar-refractivity contribution < 1.29 is 4.52 Å². The quantitative estimate of drug-likeness (QED) is 0.465. The Balaban J connectivity index is 5.14. The van der Waals surface area contributed by atoms with Crippen molar-refractivity contribution in [2.45, 2.75) is 59.3 Å². The van der Waals surface area contributed by atoms with E-state index in [1.54, 1.807) is 0 Å². The van der Waals surface area contributed by atoms with Gasteiger partial charge in [0.25, 0.3) is 0 Å². The van der Waals surface area contributed by atoms with Crippen LogP contribution in [0.5, 0.6) is 0 Å². The largest absolute Gasteiger partial charge is 0.370 e. The van der Waals surface area contributed by atoms with Crippen LogP contribution in [0.25, 0.3) is 0 Å². The summed E-state index contributed by atoms with van der Waals surface area (Å²) in [5.74, 6) is 0. The molecule has 0 saturated carbocycles. The average molecular weight is 320 g/mol. The minimum absolute atomic E-state index is 1.10. The van der Waals surface area contributed by atoms with Crippen molar-refractivity contribution in [2.24, 2.45) is 0 Å². The lowest BCUT2D eigenvalue weighted by Gasteiger charge is -2.41. The van der Waals surface area contributed by atoms with Gasteiger partial charge in [-0.1, -0.05) is 40.0 Å². The molecule has 0 N–H and O–H groups in total. The fraction of sp³-hybridized carbons (Fsp3) is 1.00. The van der Waals surface area contributed by atoms with E-state index in [2.05, 4.69) is 55.9 Å². The Kier molecular flexibility index (Phi) is 11.9. The van der Waals surface area contributed by atoms with Crippen LogP contribution in [0, 0.1) is 0 Å². The first kappa shape index (κ1) is 21.3. The van der Waals surface area contributed by atoms with Gasteiger partial charge < -0.3 is 0 Å². The Labute approximate surface area is 134 Å². The Morgan fingerprint density at radius 2 is 0.952 bits per heavy atom. The van der Waals surface area contributed by atoms with Crippen LogP contribution in [0.2, 0.25) is 0 Å². The van der Waals surface area contributed by atoms with Crippen molar-refractivity contribution in [3.63, 3.8) is 0 Å². The zero-order valence-electron chi connectivity index (χ0n) is 15.6. The second-order valence-corrected chi connectivity index (χ2v) is 9.34. The van der Waals surface area contributed by atoms with E-state index in [-0.39, 0.29) is 0 Å². The van der Waals surface area contributed by atoms with Gasteiger partial charge in [0.15, 0.2) is 0 Å². The van der Waals surface area contributed by atoms with E-state index in [9.17, 15) is 0 Å². The van der Waals surface area contributed by atoms with Crippen LogP contribution in [-0.4, -0.2) is 61.9 Å². The molecule has 21 heavy (non-hydrogen) atoms. The number of rotatable bonds is 13. The molecule has 0 fully saturated rings. The standard InChI is InChI=1S/C16H39N3OP/c1-8-11-14-17(4)21(20-7,18(5)15-12-9-2)19(6)16-13-10-3/h8-16H2,1-7H3/q+1. The predicted molar refractivity (Wildman–Crippen MR) is 96.5 cm³/mol. The highest BCUT2D eigenvalue weighted by Gasteiger charge is 2.53. The normalized spacial score (nSPS) is 12.9. The van der Waals surface area contributed by atoms with Crippen molar-refractivity contribution in [2.75, 3.05) is 47.9 Å². The monoisotopic (exact) mass is 320 g/mol. The highest BCUT2D eigenvalue weighted by Crippen LogP contribution is 2.66. The molecule has 0 heterocycles. The molecular weight excluding hydrogens is 281 g/mol. The second kappa shape index (κ2) is 11.8. The highest BCUT2D eigenvalue weighted by atomic mass is 31.2. The maximum Gasteiger partial charge on any atom is 0.370 e. The molecule has 0 unspecified atom stereocenters. The van der Waals surface area contributed by atoms with Crippen molar-refractivity contribution in [1.82, 2.24) is 14.0 Å². The van der Waals surface area contributed by atoms with E-state index in [4.69, 9.17) is 4.52 Å². The lowest BCUT2D eigenvalue weighted by Crippen LogP contribution is -2.42. The van der Waals surface area contributed by atoms with Gasteiger partial charge >= 0.3 is 7.94 Å². The summed E-state index contributed by atoms with van der Waals surface area (Å²) in [5, 5.41) is 0. The first-order valence-electron chi connectivity index (χ1n) is 8.60. The lowest BCUT2D eigenvalue weighted by atomic mass is 10.3. The Hall–Kier alpha value is 0.270. The summed E-state index contributed by atoms with van der Waals surface area (Å²) >= 11 is 0. The molecule has 0 aromatic heterocycles. The summed E-state index contributed by atoms with van der Waals surface area (Å²) in [5.41, 5.74) is 0. The summed E-state index contributed by atoms with van der Waals surface area (Å²) in [6, 6.07) is 0. The van der Waals surface area contributed by atoms with Crippen LogP contribution < -0.4 is 0 Å². The molecule has 0 atom stereocenters. The van der Waals surface area contributed by atoms with E-state index in [0.29, 0.717) is 0 Å². The summed E-state index contributed by atoms with van der Waals surface area (Å²) in [6.07, 6.45) is 7.36. The third-order valence-electron chi connectivity index (χ3n) is 4.09. The van der Waals surface area contributed by atoms with Crippen LogP contribution in [0.15, 0.2) is 0 Å². The fourth-order valence-electron chi connectivity index (χ4n) is 2.75. The molecule has 0 saturated heterocycles. The van der Waals surface area contributed by atoms with Crippen molar-refractivity contribution in [3.8, 4) is 0 Å². The van der Waals surface area contributed by atoms with Gasteiger partial charge in [-0.2, -0.15) is 4.52 Å². The van der Waals surface area contributed by atoms with Gasteiger partial charge in [0.2, 0.25) is 0 Å². The molecule has 0 rings (SSSR count). The number of unbranched alkanes of at least 4 members (excludes halogenated alkanes) is 3. The molecule has 0 bridgehead atoms. The molecule has 0 aromatic rings. The van der Waals surface area contributed by atoms with Gasteiger partial charge in [0.05, 0.1) is 7.11 Å². The smallest absolute Gasteiger partial charge is 0.185 e. The number of nitrogens with zero attached hydrogens (tertiary/aromatic N) is 3. The van der Waals surface area contributed by atoms with Crippen molar-refractivity contribution >= 4 is 7.94 Å². The molecule has 0 aromatic carbocycles. The highest BCUT2D eigenvalue weighted by molar-refractivity contribution is 7.64. The van der Waals surface area contributed by atoms with Crippen LogP contribution in [0.1, 0.15) is 59.3 Å². The summed E-state index contributed by atoms with van der Waals surface area (Å²) in [7, 11) is 6.75. The predicted octanol–water partition coefficient (Wildman–Crippen LogP) is 4.51. The maximum absolute atomic E-state index is 6.20. The SMILES string of the molecule is CCCCN(C)[P+](OC)(N(C)CCCC)N(C)CCCC. The second-order valence-electron chi connectivity index (χ2n) is 5.90. The summed E-state index contributed by atoms with van der Waals surface area (Å²) < 4.78 is 13.6. The van der Waals surface area contributed by atoms with Gasteiger partial charge in [0, 0.05) is 40.8 Å². The Morgan fingerprint density at radius 1 is 0.667 bits per heavy atom. The molecule has 4 nitrogen and oxygen atoms in total. The van der Waals surface area contributed by atoms with Crippen LogP contribution >= 0.6 is 7.94 Å². The van der Waals surface area contributed by atoms with E-state index in [1.807, 2.05) is 7.11 Å². The first-order chi connectivity index (χ1) is 10.0.